The van der Waals surface area contributed by atoms with Crippen LogP contribution in [0.3, 0.4) is 0 Å². The van der Waals surface area contributed by atoms with Crippen LogP contribution >= 0.6 is 0 Å². The zero-order chi connectivity index (χ0) is 12.1. The Morgan fingerprint density at radius 2 is 2.29 bits per heavy atom. The molecule has 17 heavy (non-hydrogen) atoms. The topological polar surface area (TPSA) is 70.6 Å². The van der Waals surface area contributed by atoms with Gasteiger partial charge in [-0.1, -0.05) is 12.1 Å². The maximum absolute atomic E-state index is 11.5. The maximum atomic E-state index is 11.5. The average molecular weight is 236 g/mol. The van der Waals surface area contributed by atoms with E-state index in [4.69, 9.17) is 4.74 Å². The Morgan fingerprint density at radius 1 is 1.47 bits per heavy atom. The van der Waals surface area contributed by atoms with Crippen LogP contribution in [0.1, 0.15) is 12.8 Å². The van der Waals surface area contributed by atoms with Crippen molar-refractivity contribution in [3.05, 3.63) is 24.3 Å². The molecule has 0 aliphatic carbocycles. The van der Waals surface area contributed by atoms with Crippen molar-refractivity contribution in [1.29, 1.82) is 0 Å². The molecule has 5 heteroatoms. The van der Waals surface area contributed by atoms with E-state index in [1.165, 1.54) is 6.07 Å². The highest BCUT2D eigenvalue weighted by Crippen LogP contribution is 2.21. The Balaban J connectivity index is 1.79. The number of anilines is 1. The van der Waals surface area contributed by atoms with Crippen molar-refractivity contribution in [2.45, 2.75) is 18.9 Å². The molecule has 1 aliphatic heterocycles. The van der Waals surface area contributed by atoms with Gasteiger partial charge in [0.05, 0.1) is 11.8 Å². The molecule has 0 aromatic heterocycles. The van der Waals surface area contributed by atoms with Gasteiger partial charge in [-0.15, -0.1) is 0 Å². The SMILES string of the molecule is O=C(NCC1CCCO1)Nc1ccccc1O. The molecule has 1 atom stereocenters. The second kappa shape index (κ2) is 5.54. The summed E-state index contributed by atoms with van der Waals surface area (Å²) in [6.07, 6.45) is 2.15. The third-order valence-electron chi connectivity index (χ3n) is 2.67. The minimum Gasteiger partial charge on any atom is -0.506 e. The van der Waals surface area contributed by atoms with E-state index in [0.29, 0.717) is 12.2 Å². The quantitative estimate of drug-likeness (QED) is 0.699. The van der Waals surface area contributed by atoms with E-state index in [1.54, 1.807) is 18.2 Å². The third-order valence-corrected chi connectivity index (χ3v) is 2.67. The highest BCUT2D eigenvalue weighted by molar-refractivity contribution is 5.90. The molecule has 0 saturated carbocycles. The van der Waals surface area contributed by atoms with E-state index < -0.39 is 0 Å². The summed E-state index contributed by atoms with van der Waals surface area (Å²) in [7, 11) is 0. The van der Waals surface area contributed by atoms with Gasteiger partial charge in [0.1, 0.15) is 5.75 Å². The van der Waals surface area contributed by atoms with Gasteiger partial charge in [-0.05, 0) is 25.0 Å². The molecular formula is C12H16N2O3. The standard InChI is InChI=1S/C12H16N2O3/c15-11-6-2-1-5-10(11)14-12(16)13-8-9-4-3-7-17-9/h1-2,5-6,9,15H,3-4,7-8H2,(H2,13,14,16). The average Bonchev–Trinajstić information content (AvgIpc) is 2.82. The number of aromatic hydroxyl groups is 1. The molecule has 1 aliphatic rings. The van der Waals surface area contributed by atoms with Gasteiger partial charge in [0.25, 0.3) is 0 Å². The number of benzene rings is 1. The number of phenols is 1. The van der Waals surface area contributed by atoms with Crippen LogP contribution in [0.15, 0.2) is 24.3 Å². The fourth-order valence-electron chi connectivity index (χ4n) is 1.76. The molecule has 0 bridgehead atoms. The summed E-state index contributed by atoms with van der Waals surface area (Å²) in [6.45, 7) is 1.27. The lowest BCUT2D eigenvalue weighted by atomic mass is 10.2. The van der Waals surface area contributed by atoms with E-state index in [1.807, 2.05) is 0 Å². The summed E-state index contributed by atoms with van der Waals surface area (Å²) < 4.78 is 5.39. The summed E-state index contributed by atoms with van der Waals surface area (Å²) >= 11 is 0. The van der Waals surface area contributed by atoms with Crippen LogP contribution in [-0.4, -0.2) is 30.4 Å². The summed E-state index contributed by atoms with van der Waals surface area (Å²) in [4.78, 5) is 11.5. The van der Waals surface area contributed by atoms with E-state index in [2.05, 4.69) is 10.6 Å². The Bertz CT molecular complexity index is 389. The molecule has 2 amide bonds. The number of rotatable bonds is 3. The van der Waals surface area contributed by atoms with Gasteiger partial charge in [-0.25, -0.2) is 4.79 Å². The molecule has 1 aromatic rings. The first-order valence-electron chi connectivity index (χ1n) is 5.70. The zero-order valence-electron chi connectivity index (χ0n) is 9.48. The molecule has 1 heterocycles. The lowest BCUT2D eigenvalue weighted by molar-refractivity contribution is 0.112. The Labute approximate surface area is 99.8 Å². The fourth-order valence-corrected chi connectivity index (χ4v) is 1.76. The van der Waals surface area contributed by atoms with Crippen molar-refractivity contribution in [1.82, 2.24) is 5.32 Å². The first-order valence-corrected chi connectivity index (χ1v) is 5.70. The maximum Gasteiger partial charge on any atom is 0.319 e. The molecule has 1 unspecified atom stereocenters. The summed E-state index contributed by atoms with van der Waals surface area (Å²) in [5.41, 5.74) is 0.400. The number of urea groups is 1. The molecular weight excluding hydrogens is 220 g/mol. The number of carbonyl (C=O) groups is 1. The van der Waals surface area contributed by atoms with Crippen molar-refractivity contribution in [3.8, 4) is 5.75 Å². The van der Waals surface area contributed by atoms with Gasteiger partial charge in [0.2, 0.25) is 0 Å². The van der Waals surface area contributed by atoms with E-state index in [0.717, 1.165) is 19.4 Å². The molecule has 1 saturated heterocycles. The number of nitrogens with one attached hydrogen (secondary N) is 2. The Hall–Kier alpha value is -1.75. The van der Waals surface area contributed by atoms with E-state index >= 15 is 0 Å². The zero-order valence-corrected chi connectivity index (χ0v) is 9.48. The van der Waals surface area contributed by atoms with Crippen molar-refractivity contribution in [2.24, 2.45) is 0 Å². The molecule has 1 fully saturated rings. The van der Waals surface area contributed by atoms with Crippen LogP contribution in [0.5, 0.6) is 5.75 Å². The van der Waals surface area contributed by atoms with E-state index in [9.17, 15) is 9.90 Å². The summed E-state index contributed by atoms with van der Waals surface area (Å²) in [6, 6.07) is 6.28. The third kappa shape index (κ3) is 3.35. The van der Waals surface area contributed by atoms with Crippen molar-refractivity contribution in [3.63, 3.8) is 0 Å². The highest BCUT2D eigenvalue weighted by atomic mass is 16.5. The predicted octanol–water partition coefficient (Wildman–Crippen LogP) is 1.69. The lowest BCUT2D eigenvalue weighted by Gasteiger charge is -2.12. The molecule has 0 spiro atoms. The molecule has 5 nitrogen and oxygen atoms in total. The second-order valence-corrected chi connectivity index (χ2v) is 3.99. The normalized spacial score (nSPS) is 18.9. The van der Waals surface area contributed by atoms with Gasteiger partial charge < -0.3 is 20.5 Å². The number of hydrogen-bond acceptors (Lipinski definition) is 3. The Kier molecular flexibility index (Phi) is 3.82. The molecule has 0 radical (unpaired) electrons. The van der Waals surface area contributed by atoms with Crippen LogP contribution in [-0.2, 0) is 4.74 Å². The van der Waals surface area contributed by atoms with Crippen LogP contribution in [0.2, 0.25) is 0 Å². The van der Waals surface area contributed by atoms with Crippen molar-refractivity contribution in [2.75, 3.05) is 18.5 Å². The summed E-state index contributed by atoms with van der Waals surface area (Å²) in [5, 5.41) is 14.8. The monoisotopic (exact) mass is 236 g/mol. The second-order valence-electron chi connectivity index (χ2n) is 3.99. The van der Waals surface area contributed by atoms with Crippen molar-refractivity contribution < 1.29 is 14.6 Å². The lowest BCUT2D eigenvalue weighted by Crippen LogP contribution is -2.35. The van der Waals surface area contributed by atoms with Crippen LogP contribution in [0.25, 0.3) is 0 Å². The molecule has 1 aromatic carbocycles. The predicted molar refractivity (Wildman–Crippen MR) is 64.1 cm³/mol. The van der Waals surface area contributed by atoms with Crippen LogP contribution < -0.4 is 10.6 Å². The van der Waals surface area contributed by atoms with Gasteiger partial charge in [0.15, 0.2) is 0 Å². The summed E-state index contributed by atoms with van der Waals surface area (Å²) in [5.74, 6) is 0.0553. The first-order chi connectivity index (χ1) is 8.25. The van der Waals surface area contributed by atoms with Crippen LogP contribution in [0.4, 0.5) is 10.5 Å². The van der Waals surface area contributed by atoms with Gasteiger partial charge in [-0.2, -0.15) is 0 Å². The number of hydrogen-bond donors (Lipinski definition) is 3. The highest BCUT2D eigenvalue weighted by Gasteiger charge is 2.16. The van der Waals surface area contributed by atoms with Gasteiger partial charge in [0, 0.05) is 13.2 Å². The first kappa shape index (κ1) is 11.7. The van der Waals surface area contributed by atoms with Crippen molar-refractivity contribution >= 4 is 11.7 Å². The number of phenolic OH excluding ortho intramolecular Hbond substituents is 1. The largest absolute Gasteiger partial charge is 0.506 e. The minimum atomic E-state index is -0.331. The number of para-hydroxylation sites is 2. The molecule has 92 valence electrons. The smallest absolute Gasteiger partial charge is 0.319 e. The molecule has 2 rings (SSSR count). The van der Waals surface area contributed by atoms with E-state index in [-0.39, 0.29) is 17.9 Å². The number of amides is 2. The fraction of sp³-hybridized carbons (Fsp3) is 0.417. The molecule has 3 N–H and O–H groups in total. The van der Waals surface area contributed by atoms with Gasteiger partial charge >= 0.3 is 6.03 Å². The number of ether oxygens (including phenoxy) is 1. The van der Waals surface area contributed by atoms with Gasteiger partial charge in [-0.3, -0.25) is 0 Å². The Morgan fingerprint density at radius 3 is 3.00 bits per heavy atom. The number of carbonyl (C=O) groups excluding carboxylic acids is 1. The van der Waals surface area contributed by atoms with Crippen LogP contribution in [0, 0.1) is 0 Å². The minimum absolute atomic E-state index is 0.0553.